The van der Waals surface area contributed by atoms with E-state index in [4.69, 9.17) is 23.1 Å². The van der Waals surface area contributed by atoms with Crippen LogP contribution in [-0.4, -0.2) is 10.9 Å². The van der Waals surface area contributed by atoms with Crippen LogP contribution in [0.3, 0.4) is 0 Å². The van der Waals surface area contributed by atoms with Crippen molar-refractivity contribution in [1.82, 2.24) is 4.98 Å². The smallest absolute Gasteiger partial charge is 0.250 e. The third-order valence-electron chi connectivity index (χ3n) is 2.82. The summed E-state index contributed by atoms with van der Waals surface area (Å²) >= 11 is 6.10. The van der Waals surface area contributed by atoms with Gasteiger partial charge in [0.15, 0.2) is 0 Å². The summed E-state index contributed by atoms with van der Waals surface area (Å²) in [5.74, 6) is -0.580. The van der Waals surface area contributed by atoms with Crippen molar-refractivity contribution in [3.63, 3.8) is 0 Å². The van der Waals surface area contributed by atoms with Gasteiger partial charge in [-0.05, 0) is 30.7 Å². The van der Waals surface area contributed by atoms with Crippen LogP contribution in [0.1, 0.15) is 21.6 Å². The van der Waals surface area contributed by atoms with Crippen LogP contribution in [0.15, 0.2) is 30.5 Å². The molecule has 0 radical (unpaired) electrons. The number of nitrogens with zero attached hydrogens (tertiary/aromatic N) is 1. The number of hydrogen-bond donors (Lipinski definition) is 3. The molecule has 104 valence electrons. The highest BCUT2D eigenvalue weighted by Crippen LogP contribution is 2.29. The van der Waals surface area contributed by atoms with Crippen LogP contribution in [0.5, 0.6) is 0 Å². The average molecular weight is 291 g/mol. The highest BCUT2D eigenvalue weighted by molar-refractivity contribution is 6.34. The van der Waals surface area contributed by atoms with E-state index in [1.807, 2.05) is 19.1 Å². The van der Waals surface area contributed by atoms with Crippen LogP contribution in [0, 0.1) is 6.92 Å². The molecule has 0 saturated carbocycles. The number of aromatic nitrogens is 1. The minimum absolute atomic E-state index is 0.273. The number of pyridine rings is 1. The van der Waals surface area contributed by atoms with E-state index in [0.29, 0.717) is 22.9 Å². The minimum Gasteiger partial charge on any atom is -0.399 e. The molecular formula is C14H15ClN4O. The van der Waals surface area contributed by atoms with Crippen molar-refractivity contribution >= 4 is 28.9 Å². The van der Waals surface area contributed by atoms with Gasteiger partial charge < -0.3 is 16.8 Å². The third-order valence-corrected chi connectivity index (χ3v) is 3.12. The number of nitrogens with one attached hydrogen (secondary N) is 1. The third kappa shape index (κ3) is 3.19. The quantitative estimate of drug-likeness (QED) is 0.753. The molecule has 0 fully saturated rings. The molecule has 0 aliphatic rings. The van der Waals surface area contributed by atoms with Crippen LogP contribution in [0.4, 0.5) is 11.4 Å². The summed E-state index contributed by atoms with van der Waals surface area (Å²) < 4.78 is 0. The average Bonchev–Trinajstić information content (AvgIpc) is 2.38. The van der Waals surface area contributed by atoms with E-state index in [0.717, 1.165) is 11.3 Å². The first-order valence-corrected chi connectivity index (χ1v) is 6.39. The standard InChI is InChI=1S/C14H15ClN4O/c1-8-2-3-9(6-18-8)7-19-13-11(14(17)20)4-10(16)5-12(13)15/h2-6,19H,7,16H2,1H3,(H2,17,20). The fourth-order valence-electron chi connectivity index (χ4n) is 1.80. The highest BCUT2D eigenvalue weighted by atomic mass is 35.5. The molecule has 5 nitrogen and oxygen atoms in total. The Bertz CT molecular complexity index is 640. The molecule has 1 aromatic heterocycles. The van der Waals surface area contributed by atoms with Gasteiger partial charge in [0.05, 0.1) is 16.3 Å². The minimum atomic E-state index is -0.580. The first-order chi connectivity index (χ1) is 9.47. The van der Waals surface area contributed by atoms with E-state index in [1.54, 1.807) is 12.3 Å². The second-order valence-electron chi connectivity index (χ2n) is 4.45. The molecular weight excluding hydrogens is 276 g/mol. The summed E-state index contributed by atoms with van der Waals surface area (Å²) in [4.78, 5) is 15.6. The zero-order valence-electron chi connectivity index (χ0n) is 11.0. The predicted octanol–water partition coefficient (Wildman–Crippen LogP) is 2.34. The second kappa shape index (κ2) is 5.79. The molecule has 0 bridgehead atoms. The Kier molecular flexibility index (Phi) is 4.10. The lowest BCUT2D eigenvalue weighted by atomic mass is 10.1. The van der Waals surface area contributed by atoms with E-state index in [-0.39, 0.29) is 5.56 Å². The number of aryl methyl sites for hydroxylation is 1. The van der Waals surface area contributed by atoms with Crippen molar-refractivity contribution in [2.24, 2.45) is 5.73 Å². The number of halogens is 1. The first kappa shape index (κ1) is 14.1. The number of carbonyl (C=O) groups is 1. The topological polar surface area (TPSA) is 94.0 Å². The molecule has 5 N–H and O–H groups in total. The van der Waals surface area contributed by atoms with Crippen LogP contribution in [-0.2, 0) is 6.54 Å². The van der Waals surface area contributed by atoms with Crippen molar-refractivity contribution in [3.8, 4) is 0 Å². The van der Waals surface area contributed by atoms with Gasteiger partial charge in [0.2, 0.25) is 0 Å². The molecule has 0 saturated heterocycles. The second-order valence-corrected chi connectivity index (χ2v) is 4.86. The van der Waals surface area contributed by atoms with Gasteiger partial charge in [0.25, 0.3) is 5.91 Å². The number of nitrogen functional groups attached to an aromatic ring is 1. The molecule has 2 rings (SSSR count). The normalized spacial score (nSPS) is 10.3. The van der Waals surface area contributed by atoms with E-state index in [2.05, 4.69) is 10.3 Å². The van der Waals surface area contributed by atoms with Crippen LogP contribution in [0.25, 0.3) is 0 Å². The fourth-order valence-corrected chi connectivity index (χ4v) is 2.09. The van der Waals surface area contributed by atoms with Gasteiger partial charge >= 0.3 is 0 Å². The molecule has 0 unspecified atom stereocenters. The summed E-state index contributed by atoms with van der Waals surface area (Å²) in [5.41, 5.74) is 14.1. The Balaban J connectivity index is 2.24. The Morgan fingerprint density at radius 3 is 2.75 bits per heavy atom. The summed E-state index contributed by atoms with van der Waals surface area (Å²) in [6, 6.07) is 6.94. The summed E-state index contributed by atoms with van der Waals surface area (Å²) in [6.45, 7) is 2.40. The van der Waals surface area contributed by atoms with E-state index >= 15 is 0 Å². The predicted molar refractivity (Wildman–Crippen MR) is 80.7 cm³/mol. The van der Waals surface area contributed by atoms with Crippen LogP contribution < -0.4 is 16.8 Å². The number of amides is 1. The van der Waals surface area contributed by atoms with E-state index in [9.17, 15) is 4.79 Å². The van der Waals surface area contributed by atoms with Gasteiger partial charge in [-0.15, -0.1) is 0 Å². The number of primary amides is 1. The molecule has 2 aromatic rings. The van der Waals surface area contributed by atoms with Gasteiger partial charge in [-0.2, -0.15) is 0 Å². The van der Waals surface area contributed by atoms with Crippen molar-refractivity contribution in [2.75, 3.05) is 11.1 Å². The molecule has 0 spiro atoms. The zero-order valence-corrected chi connectivity index (χ0v) is 11.7. The molecule has 6 heteroatoms. The fraction of sp³-hybridized carbons (Fsp3) is 0.143. The van der Waals surface area contributed by atoms with Crippen molar-refractivity contribution in [3.05, 3.63) is 52.3 Å². The molecule has 1 heterocycles. The Morgan fingerprint density at radius 2 is 2.15 bits per heavy atom. The number of rotatable bonds is 4. The van der Waals surface area contributed by atoms with Gasteiger partial charge in [-0.1, -0.05) is 17.7 Å². The summed E-state index contributed by atoms with van der Waals surface area (Å²) in [5, 5.41) is 3.46. The van der Waals surface area contributed by atoms with Crippen LogP contribution >= 0.6 is 11.6 Å². The highest BCUT2D eigenvalue weighted by Gasteiger charge is 2.13. The van der Waals surface area contributed by atoms with Gasteiger partial charge in [0, 0.05) is 24.1 Å². The SMILES string of the molecule is Cc1ccc(CNc2c(Cl)cc(N)cc2C(N)=O)cn1. The lowest BCUT2D eigenvalue weighted by Gasteiger charge is -2.13. The Hall–Kier alpha value is -2.27. The maximum absolute atomic E-state index is 11.4. The number of benzene rings is 1. The van der Waals surface area contributed by atoms with Crippen molar-refractivity contribution in [1.29, 1.82) is 0 Å². The summed E-state index contributed by atoms with van der Waals surface area (Å²) in [7, 11) is 0. The van der Waals surface area contributed by atoms with Crippen LogP contribution in [0.2, 0.25) is 5.02 Å². The maximum Gasteiger partial charge on any atom is 0.250 e. The monoisotopic (exact) mass is 290 g/mol. The van der Waals surface area contributed by atoms with E-state index < -0.39 is 5.91 Å². The lowest BCUT2D eigenvalue weighted by Crippen LogP contribution is -2.15. The Labute approximate surface area is 121 Å². The van der Waals surface area contributed by atoms with Gasteiger partial charge in [-0.3, -0.25) is 9.78 Å². The maximum atomic E-state index is 11.4. The molecule has 0 atom stereocenters. The molecule has 1 amide bonds. The number of carbonyl (C=O) groups excluding carboxylic acids is 1. The Morgan fingerprint density at radius 1 is 1.40 bits per heavy atom. The molecule has 20 heavy (non-hydrogen) atoms. The van der Waals surface area contributed by atoms with E-state index in [1.165, 1.54) is 6.07 Å². The van der Waals surface area contributed by atoms with Crippen molar-refractivity contribution in [2.45, 2.75) is 13.5 Å². The largest absolute Gasteiger partial charge is 0.399 e. The molecule has 0 aliphatic carbocycles. The summed E-state index contributed by atoms with van der Waals surface area (Å²) in [6.07, 6.45) is 1.76. The first-order valence-electron chi connectivity index (χ1n) is 6.01. The lowest BCUT2D eigenvalue weighted by molar-refractivity contribution is 0.100. The number of nitrogens with two attached hydrogens (primary N) is 2. The molecule has 1 aromatic carbocycles. The van der Waals surface area contributed by atoms with Gasteiger partial charge in [0.1, 0.15) is 0 Å². The zero-order chi connectivity index (χ0) is 14.7. The number of hydrogen-bond acceptors (Lipinski definition) is 4. The number of anilines is 2. The van der Waals surface area contributed by atoms with Gasteiger partial charge in [-0.25, -0.2) is 0 Å². The van der Waals surface area contributed by atoms with Crippen molar-refractivity contribution < 1.29 is 4.79 Å². The molecule has 0 aliphatic heterocycles.